The van der Waals surface area contributed by atoms with Gasteiger partial charge in [0, 0.05) is 18.8 Å². The Kier molecular flexibility index (Phi) is 3.96. The normalized spacial score (nSPS) is 13.2. The fourth-order valence-corrected chi connectivity index (χ4v) is 1.84. The van der Waals surface area contributed by atoms with Gasteiger partial charge in [0.15, 0.2) is 0 Å². The second kappa shape index (κ2) is 5.51. The minimum atomic E-state index is -4.70. The van der Waals surface area contributed by atoms with Crippen molar-refractivity contribution in [1.29, 1.82) is 0 Å². The van der Waals surface area contributed by atoms with E-state index in [-0.39, 0.29) is 11.8 Å². The van der Waals surface area contributed by atoms with Crippen LogP contribution in [0.5, 0.6) is 5.75 Å². The van der Waals surface area contributed by atoms with Crippen LogP contribution in [0.3, 0.4) is 0 Å². The largest absolute Gasteiger partial charge is 0.573 e. The van der Waals surface area contributed by atoms with Gasteiger partial charge in [-0.1, -0.05) is 12.1 Å². The summed E-state index contributed by atoms with van der Waals surface area (Å²) in [5, 5.41) is 4.02. The van der Waals surface area contributed by atoms with E-state index in [0.717, 1.165) is 5.56 Å². The average molecular weight is 286 g/mol. The number of hydrazine groups is 1. The summed E-state index contributed by atoms with van der Waals surface area (Å²) in [5.74, 6) is 5.21. The van der Waals surface area contributed by atoms with E-state index < -0.39 is 6.36 Å². The van der Waals surface area contributed by atoms with Gasteiger partial charge in [-0.15, -0.1) is 13.2 Å². The van der Waals surface area contributed by atoms with Crippen molar-refractivity contribution in [3.05, 3.63) is 47.8 Å². The standard InChI is InChI=1S/C12H13F3N4O/c1-19-7-9(6-17-19)11(18-16)8-2-4-10(5-3-8)20-12(13,14)15/h2-7,11,18H,16H2,1H3. The summed E-state index contributed by atoms with van der Waals surface area (Å²) in [6.07, 6.45) is -1.30. The van der Waals surface area contributed by atoms with E-state index in [2.05, 4.69) is 15.3 Å². The molecule has 5 nitrogen and oxygen atoms in total. The van der Waals surface area contributed by atoms with E-state index in [4.69, 9.17) is 5.84 Å². The molecule has 8 heteroatoms. The Morgan fingerprint density at radius 2 is 1.90 bits per heavy atom. The van der Waals surface area contributed by atoms with Crippen LogP contribution in [-0.4, -0.2) is 16.1 Å². The second-order valence-corrected chi connectivity index (χ2v) is 4.16. The van der Waals surface area contributed by atoms with Crippen molar-refractivity contribution in [3.8, 4) is 5.75 Å². The lowest BCUT2D eigenvalue weighted by atomic mass is 10.0. The molecule has 1 unspecified atom stereocenters. The van der Waals surface area contributed by atoms with E-state index in [1.165, 1.54) is 24.3 Å². The molecule has 1 heterocycles. The summed E-state index contributed by atoms with van der Waals surface area (Å²) in [5.41, 5.74) is 4.11. The number of alkyl halides is 3. The minimum Gasteiger partial charge on any atom is -0.406 e. The Bertz CT molecular complexity index is 565. The molecule has 0 aliphatic rings. The van der Waals surface area contributed by atoms with Gasteiger partial charge in [0.1, 0.15) is 5.75 Å². The van der Waals surface area contributed by atoms with Crippen molar-refractivity contribution in [2.24, 2.45) is 12.9 Å². The van der Waals surface area contributed by atoms with Crippen molar-refractivity contribution in [2.75, 3.05) is 0 Å². The number of ether oxygens (including phenoxy) is 1. The van der Waals surface area contributed by atoms with Gasteiger partial charge in [0.25, 0.3) is 0 Å². The molecule has 0 spiro atoms. The van der Waals surface area contributed by atoms with Crippen LogP contribution in [0.25, 0.3) is 0 Å². The number of benzene rings is 1. The Labute approximate surface area is 113 Å². The number of aryl methyl sites for hydroxylation is 1. The van der Waals surface area contributed by atoms with Crippen LogP contribution in [0.2, 0.25) is 0 Å². The van der Waals surface area contributed by atoms with Crippen molar-refractivity contribution < 1.29 is 17.9 Å². The molecule has 0 aliphatic heterocycles. The van der Waals surface area contributed by atoms with Gasteiger partial charge in [0.2, 0.25) is 0 Å². The van der Waals surface area contributed by atoms with E-state index in [1.807, 2.05) is 0 Å². The minimum absolute atomic E-state index is 0.275. The predicted molar refractivity (Wildman–Crippen MR) is 65.5 cm³/mol. The molecule has 0 saturated carbocycles. The van der Waals surface area contributed by atoms with E-state index in [9.17, 15) is 13.2 Å². The molecule has 108 valence electrons. The lowest BCUT2D eigenvalue weighted by Crippen LogP contribution is -2.28. The first-order valence-corrected chi connectivity index (χ1v) is 5.69. The topological polar surface area (TPSA) is 65.1 Å². The molecule has 20 heavy (non-hydrogen) atoms. The zero-order valence-electron chi connectivity index (χ0n) is 10.6. The molecule has 1 aromatic heterocycles. The zero-order chi connectivity index (χ0) is 14.8. The predicted octanol–water partition coefficient (Wildman–Crippen LogP) is 1.87. The molecule has 0 saturated heterocycles. The third kappa shape index (κ3) is 3.49. The Morgan fingerprint density at radius 1 is 1.25 bits per heavy atom. The third-order valence-electron chi connectivity index (χ3n) is 2.67. The number of nitrogens with zero attached hydrogens (tertiary/aromatic N) is 2. The van der Waals surface area contributed by atoms with Crippen LogP contribution in [0.15, 0.2) is 36.7 Å². The summed E-state index contributed by atoms with van der Waals surface area (Å²) >= 11 is 0. The third-order valence-corrected chi connectivity index (χ3v) is 2.67. The monoisotopic (exact) mass is 286 g/mol. The van der Waals surface area contributed by atoms with Crippen LogP contribution in [-0.2, 0) is 7.05 Å². The molecule has 2 aromatic rings. The number of hydrogen-bond donors (Lipinski definition) is 2. The first-order valence-electron chi connectivity index (χ1n) is 5.69. The lowest BCUT2D eigenvalue weighted by Gasteiger charge is -2.15. The lowest BCUT2D eigenvalue weighted by molar-refractivity contribution is -0.274. The van der Waals surface area contributed by atoms with Crippen molar-refractivity contribution in [3.63, 3.8) is 0 Å². The molecule has 1 atom stereocenters. The highest BCUT2D eigenvalue weighted by molar-refractivity contribution is 5.34. The molecule has 0 bridgehead atoms. The van der Waals surface area contributed by atoms with Crippen molar-refractivity contribution in [1.82, 2.24) is 15.2 Å². The molecular weight excluding hydrogens is 273 g/mol. The molecule has 2 rings (SSSR count). The van der Waals surface area contributed by atoms with Crippen LogP contribution in [0, 0.1) is 0 Å². The maximum absolute atomic E-state index is 12.1. The maximum Gasteiger partial charge on any atom is 0.573 e. The molecule has 1 aromatic carbocycles. The quantitative estimate of drug-likeness (QED) is 0.665. The number of aromatic nitrogens is 2. The maximum atomic E-state index is 12.1. The van der Waals surface area contributed by atoms with Gasteiger partial charge >= 0.3 is 6.36 Å². The van der Waals surface area contributed by atoms with Gasteiger partial charge in [-0.2, -0.15) is 5.10 Å². The van der Waals surface area contributed by atoms with Crippen LogP contribution >= 0.6 is 0 Å². The molecule has 0 fully saturated rings. The Morgan fingerprint density at radius 3 is 2.35 bits per heavy atom. The van der Waals surface area contributed by atoms with E-state index in [0.29, 0.717) is 5.56 Å². The smallest absolute Gasteiger partial charge is 0.406 e. The van der Waals surface area contributed by atoms with Gasteiger partial charge in [-0.25, -0.2) is 5.43 Å². The highest BCUT2D eigenvalue weighted by Gasteiger charge is 2.31. The molecule has 0 radical (unpaired) electrons. The van der Waals surface area contributed by atoms with E-state index in [1.54, 1.807) is 24.1 Å². The molecule has 0 amide bonds. The fraction of sp³-hybridized carbons (Fsp3) is 0.250. The van der Waals surface area contributed by atoms with E-state index >= 15 is 0 Å². The summed E-state index contributed by atoms with van der Waals surface area (Å²) in [7, 11) is 1.76. The van der Waals surface area contributed by atoms with Crippen LogP contribution < -0.4 is 16.0 Å². The van der Waals surface area contributed by atoms with Gasteiger partial charge < -0.3 is 4.74 Å². The summed E-state index contributed by atoms with van der Waals surface area (Å²) in [4.78, 5) is 0. The number of rotatable bonds is 4. The summed E-state index contributed by atoms with van der Waals surface area (Å²) in [6.45, 7) is 0. The average Bonchev–Trinajstić information content (AvgIpc) is 2.77. The number of nitrogens with two attached hydrogens (primary N) is 1. The Hall–Kier alpha value is -2.06. The summed E-state index contributed by atoms with van der Waals surface area (Å²) in [6, 6.07) is 5.15. The second-order valence-electron chi connectivity index (χ2n) is 4.16. The molecule has 3 N–H and O–H groups in total. The number of hydrogen-bond acceptors (Lipinski definition) is 4. The highest BCUT2D eigenvalue weighted by Crippen LogP contribution is 2.26. The van der Waals surface area contributed by atoms with Gasteiger partial charge in [-0.3, -0.25) is 10.5 Å². The van der Waals surface area contributed by atoms with Gasteiger partial charge in [0.05, 0.1) is 12.2 Å². The SMILES string of the molecule is Cn1cc(C(NN)c2ccc(OC(F)(F)F)cc2)cn1. The molecule has 0 aliphatic carbocycles. The number of halogens is 3. The van der Waals surface area contributed by atoms with Crippen LogP contribution in [0.1, 0.15) is 17.2 Å². The number of nitrogens with one attached hydrogen (secondary N) is 1. The first-order chi connectivity index (χ1) is 9.39. The first kappa shape index (κ1) is 14.4. The van der Waals surface area contributed by atoms with Gasteiger partial charge in [-0.05, 0) is 17.7 Å². The van der Waals surface area contributed by atoms with Crippen molar-refractivity contribution in [2.45, 2.75) is 12.4 Å². The summed E-state index contributed by atoms with van der Waals surface area (Å²) < 4.78 is 41.6. The van der Waals surface area contributed by atoms with Crippen molar-refractivity contribution >= 4 is 0 Å². The highest BCUT2D eigenvalue weighted by atomic mass is 19.4. The zero-order valence-corrected chi connectivity index (χ0v) is 10.6. The fourth-order valence-electron chi connectivity index (χ4n) is 1.84. The molecular formula is C12H13F3N4O. The Balaban J connectivity index is 2.19. The van der Waals surface area contributed by atoms with Crippen LogP contribution in [0.4, 0.5) is 13.2 Å².